The van der Waals surface area contributed by atoms with E-state index in [2.05, 4.69) is 44.2 Å². The van der Waals surface area contributed by atoms with Gasteiger partial charge in [0.1, 0.15) is 19.3 Å². The van der Waals surface area contributed by atoms with Crippen molar-refractivity contribution in [2.75, 3.05) is 13.2 Å². The fourth-order valence-electron chi connectivity index (χ4n) is 5.44. The SMILES string of the molecule is CC/C=C\C(O)C/C=C/C=C\C/C=C\C/C=C\CCCC(=O)OC[C@H](O)COC(=O)CCCCCCCCCCCCCCCCCC(C)C. The molecular formula is C44H76O6. The summed E-state index contributed by atoms with van der Waals surface area (Å²) in [4.78, 5) is 23.9. The zero-order valence-electron chi connectivity index (χ0n) is 32.4. The van der Waals surface area contributed by atoms with E-state index in [0.29, 0.717) is 19.3 Å². The predicted molar refractivity (Wildman–Crippen MR) is 211 cm³/mol. The summed E-state index contributed by atoms with van der Waals surface area (Å²) in [6, 6.07) is 0. The Bertz CT molecular complexity index is 915. The second-order valence-corrected chi connectivity index (χ2v) is 14.1. The number of carbonyl (C=O) groups excluding carboxylic acids is 2. The van der Waals surface area contributed by atoms with Crippen molar-refractivity contribution in [3.05, 3.63) is 60.8 Å². The molecule has 50 heavy (non-hydrogen) atoms. The first-order valence-corrected chi connectivity index (χ1v) is 20.3. The summed E-state index contributed by atoms with van der Waals surface area (Å²) in [5.41, 5.74) is 0. The maximum absolute atomic E-state index is 12.0. The fraction of sp³-hybridized carbons (Fsp3) is 0.727. The molecule has 0 aromatic carbocycles. The predicted octanol–water partition coefficient (Wildman–Crippen LogP) is 11.6. The van der Waals surface area contributed by atoms with Gasteiger partial charge in [0.05, 0.1) is 6.10 Å². The maximum Gasteiger partial charge on any atom is 0.305 e. The van der Waals surface area contributed by atoms with E-state index in [4.69, 9.17) is 9.47 Å². The molecule has 0 fully saturated rings. The van der Waals surface area contributed by atoms with Gasteiger partial charge < -0.3 is 19.7 Å². The van der Waals surface area contributed by atoms with Crippen LogP contribution in [0.5, 0.6) is 0 Å². The summed E-state index contributed by atoms with van der Waals surface area (Å²) >= 11 is 0. The van der Waals surface area contributed by atoms with E-state index >= 15 is 0 Å². The molecule has 1 unspecified atom stereocenters. The Labute approximate surface area is 307 Å². The molecule has 0 spiro atoms. The van der Waals surface area contributed by atoms with Crippen molar-refractivity contribution in [2.24, 2.45) is 5.92 Å². The molecule has 0 aliphatic heterocycles. The van der Waals surface area contributed by atoms with E-state index in [9.17, 15) is 19.8 Å². The van der Waals surface area contributed by atoms with Gasteiger partial charge in [-0.25, -0.2) is 0 Å². The number of esters is 2. The zero-order chi connectivity index (χ0) is 36.8. The minimum Gasteiger partial charge on any atom is -0.463 e. The first kappa shape index (κ1) is 47.6. The summed E-state index contributed by atoms with van der Waals surface area (Å²) in [6.45, 7) is 6.37. The zero-order valence-corrected chi connectivity index (χ0v) is 32.4. The first-order valence-electron chi connectivity index (χ1n) is 20.3. The highest BCUT2D eigenvalue weighted by Gasteiger charge is 2.12. The third kappa shape index (κ3) is 38.4. The molecule has 0 aromatic heterocycles. The van der Waals surface area contributed by atoms with Gasteiger partial charge in [0.15, 0.2) is 0 Å². The van der Waals surface area contributed by atoms with Crippen LogP contribution in [-0.2, 0) is 19.1 Å². The van der Waals surface area contributed by atoms with Crippen LogP contribution in [0.25, 0.3) is 0 Å². The molecule has 0 rings (SSSR count). The highest BCUT2D eigenvalue weighted by molar-refractivity contribution is 5.69. The summed E-state index contributed by atoms with van der Waals surface area (Å²) in [5, 5.41) is 19.7. The van der Waals surface area contributed by atoms with Crippen LogP contribution >= 0.6 is 0 Å². The van der Waals surface area contributed by atoms with Crippen molar-refractivity contribution in [3.63, 3.8) is 0 Å². The van der Waals surface area contributed by atoms with Gasteiger partial charge in [0, 0.05) is 12.8 Å². The van der Waals surface area contributed by atoms with Crippen LogP contribution in [0, 0.1) is 5.92 Å². The number of aliphatic hydroxyl groups excluding tert-OH is 2. The molecule has 0 saturated carbocycles. The topological polar surface area (TPSA) is 93.1 Å². The Hall–Kier alpha value is -2.44. The van der Waals surface area contributed by atoms with Gasteiger partial charge in [-0.1, -0.05) is 178 Å². The number of allylic oxidation sites excluding steroid dienone is 8. The summed E-state index contributed by atoms with van der Waals surface area (Å²) < 4.78 is 10.3. The highest BCUT2D eigenvalue weighted by Crippen LogP contribution is 2.15. The van der Waals surface area contributed by atoms with Gasteiger partial charge in [0.2, 0.25) is 0 Å². The van der Waals surface area contributed by atoms with E-state index in [1.165, 1.54) is 83.5 Å². The quantitative estimate of drug-likeness (QED) is 0.0296. The Morgan fingerprint density at radius 1 is 0.560 bits per heavy atom. The smallest absolute Gasteiger partial charge is 0.305 e. The number of carbonyl (C=O) groups is 2. The van der Waals surface area contributed by atoms with Gasteiger partial charge in [-0.05, 0) is 50.9 Å². The lowest BCUT2D eigenvalue weighted by atomic mass is 10.0. The Balaban J connectivity index is 3.55. The first-order chi connectivity index (χ1) is 24.3. The molecule has 0 heterocycles. The third-order valence-electron chi connectivity index (χ3n) is 8.52. The van der Waals surface area contributed by atoms with Gasteiger partial charge >= 0.3 is 11.9 Å². The largest absolute Gasteiger partial charge is 0.463 e. The lowest BCUT2D eigenvalue weighted by Crippen LogP contribution is -2.25. The number of hydrogen-bond acceptors (Lipinski definition) is 6. The normalized spacial score (nSPS) is 13.6. The highest BCUT2D eigenvalue weighted by atomic mass is 16.6. The summed E-state index contributed by atoms with van der Waals surface area (Å²) in [5.74, 6) is 0.195. The third-order valence-corrected chi connectivity index (χ3v) is 8.52. The number of hydrogen-bond donors (Lipinski definition) is 2. The summed E-state index contributed by atoms with van der Waals surface area (Å²) in [7, 11) is 0. The van der Waals surface area contributed by atoms with Crippen LogP contribution in [0.3, 0.4) is 0 Å². The number of aliphatic hydroxyl groups is 2. The summed E-state index contributed by atoms with van der Waals surface area (Å²) in [6.07, 6.45) is 44.8. The van der Waals surface area contributed by atoms with E-state index in [-0.39, 0.29) is 31.6 Å². The second-order valence-electron chi connectivity index (χ2n) is 14.1. The lowest BCUT2D eigenvalue weighted by Gasteiger charge is -2.12. The van der Waals surface area contributed by atoms with Crippen molar-refractivity contribution in [2.45, 2.75) is 187 Å². The maximum atomic E-state index is 12.0. The molecule has 0 aromatic rings. The van der Waals surface area contributed by atoms with Crippen LogP contribution in [0.4, 0.5) is 0 Å². The number of ether oxygens (including phenoxy) is 2. The standard InChI is InChI=1S/C44H76O6/c1-4-5-34-41(45)35-30-26-22-18-14-11-12-16-20-24-28-32-37-44(48)50-39-42(46)38-49-43(47)36-31-27-23-19-15-10-8-6-7-9-13-17-21-25-29-33-40(2)3/h5,11-12,18,20,22,24,26,30,34,40-42,45-46H,4,6-10,13-17,19,21,23,25,27-29,31-33,35-39H2,1-3H3/b12-11-,22-18-,24-20-,30-26+,34-5-/t41?,42-/m1/s1. The van der Waals surface area contributed by atoms with Crippen LogP contribution in [0.1, 0.15) is 175 Å². The Kier molecular flexibility index (Phi) is 36.0. The van der Waals surface area contributed by atoms with E-state index in [1.54, 1.807) is 0 Å². The monoisotopic (exact) mass is 701 g/mol. The average Bonchev–Trinajstić information content (AvgIpc) is 3.10. The molecule has 0 aliphatic rings. The van der Waals surface area contributed by atoms with Crippen molar-refractivity contribution >= 4 is 11.9 Å². The van der Waals surface area contributed by atoms with Gasteiger partial charge in [-0.15, -0.1) is 0 Å². The van der Waals surface area contributed by atoms with Crippen molar-refractivity contribution in [1.29, 1.82) is 0 Å². The molecule has 0 amide bonds. The number of unbranched alkanes of at least 4 members (excludes halogenated alkanes) is 15. The molecule has 0 bridgehead atoms. The molecule has 0 radical (unpaired) electrons. The minimum atomic E-state index is -0.999. The van der Waals surface area contributed by atoms with Crippen LogP contribution in [-0.4, -0.2) is 47.6 Å². The van der Waals surface area contributed by atoms with Crippen molar-refractivity contribution in [3.8, 4) is 0 Å². The van der Waals surface area contributed by atoms with Gasteiger partial charge in [0.25, 0.3) is 0 Å². The Morgan fingerprint density at radius 2 is 1.02 bits per heavy atom. The molecule has 0 aliphatic carbocycles. The molecule has 2 atom stereocenters. The molecule has 0 saturated heterocycles. The minimum absolute atomic E-state index is 0.145. The molecule has 288 valence electrons. The van der Waals surface area contributed by atoms with Gasteiger partial charge in [-0.3, -0.25) is 9.59 Å². The van der Waals surface area contributed by atoms with Crippen LogP contribution in [0.2, 0.25) is 0 Å². The van der Waals surface area contributed by atoms with E-state index in [0.717, 1.165) is 50.9 Å². The lowest BCUT2D eigenvalue weighted by molar-refractivity contribution is -0.152. The van der Waals surface area contributed by atoms with Crippen molar-refractivity contribution < 1.29 is 29.3 Å². The van der Waals surface area contributed by atoms with E-state index in [1.807, 2.05) is 37.3 Å². The molecule has 6 nitrogen and oxygen atoms in total. The second kappa shape index (κ2) is 37.8. The number of rotatable bonds is 35. The average molecular weight is 701 g/mol. The molecule has 2 N–H and O–H groups in total. The fourth-order valence-corrected chi connectivity index (χ4v) is 5.44. The van der Waals surface area contributed by atoms with Crippen LogP contribution < -0.4 is 0 Å². The Morgan fingerprint density at radius 3 is 1.56 bits per heavy atom. The van der Waals surface area contributed by atoms with Crippen LogP contribution in [0.15, 0.2) is 60.8 Å². The molecule has 6 heteroatoms. The van der Waals surface area contributed by atoms with Crippen molar-refractivity contribution in [1.82, 2.24) is 0 Å². The van der Waals surface area contributed by atoms with E-state index < -0.39 is 12.2 Å². The molecular weight excluding hydrogens is 624 g/mol. The van der Waals surface area contributed by atoms with Gasteiger partial charge in [-0.2, -0.15) is 0 Å².